The highest BCUT2D eigenvalue weighted by Crippen LogP contribution is 2.34. The van der Waals surface area contributed by atoms with Crippen molar-refractivity contribution in [2.24, 2.45) is 5.92 Å². The van der Waals surface area contributed by atoms with E-state index in [2.05, 4.69) is 4.90 Å². The number of hydrogen-bond donors (Lipinski definition) is 2. The Balaban J connectivity index is 1.71. The molecule has 3 aromatic rings. The van der Waals surface area contributed by atoms with Gasteiger partial charge in [0.25, 0.3) is 0 Å². The molecular formula is C23H26N4O3. The molecule has 1 aliphatic rings. The number of carbonyl (C=O) groups is 1. The van der Waals surface area contributed by atoms with E-state index >= 15 is 0 Å². The Morgan fingerprint density at radius 3 is 2.77 bits per heavy atom. The fourth-order valence-corrected chi connectivity index (χ4v) is 4.08. The van der Waals surface area contributed by atoms with Crippen LogP contribution < -0.4 is 4.90 Å². The van der Waals surface area contributed by atoms with Gasteiger partial charge in [0.05, 0.1) is 11.1 Å². The van der Waals surface area contributed by atoms with Gasteiger partial charge in [-0.2, -0.15) is 0 Å². The number of aromatic nitrogens is 2. The summed E-state index contributed by atoms with van der Waals surface area (Å²) in [5, 5.41) is 20.6. The van der Waals surface area contributed by atoms with Gasteiger partial charge in [-0.05, 0) is 56.0 Å². The number of fused-ring (bicyclic) bond motifs is 1. The molecule has 2 N–H and O–H groups in total. The molecule has 0 unspecified atom stereocenters. The molecule has 30 heavy (non-hydrogen) atoms. The van der Waals surface area contributed by atoms with Crippen LogP contribution in [0.15, 0.2) is 42.5 Å². The van der Waals surface area contributed by atoms with Crippen LogP contribution in [-0.4, -0.2) is 57.4 Å². The van der Waals surface area contributed by atoms with Crippen molar-refractivity contribution in [1.29, 1.82) is 0 Å². The first-order valence-corrected chi connectivity index (χ1v) is 10.3. The molecule has 0 aliphatic carbocycles. The highest BCUT2D eigenvalue weighted by molar-refractivity contribution is 5.92. The number of phenolic OH excluding ortho intramolecular Hbond substituents is 1. The van der Waals surface area contributed by atoms with Crippen molar-refractivity contribution in [3.8, 4) is 17.1 Å². The van der Waals surface area contributed by atoms with Gasteiger partial charge in [-0.1, -0.05) is 18.2 Å². The molecule has 2 heterocycles. The Labute approximate surface area is 175 Å². The summed E-state index contributed by atoms with van der Waals surface area (Å²) in [6, 6.07) is 13.2. The van der Waals surface area contributed by atoms with Gasteiger partial charge in [0.2, 0.25) is 0 Å². The minimum Gasteiger partial charge on any atom is -0.507 e. The standard InChI is InChI=1S/C23H26N4O3/c1-3-26(23(29)30)13-16-10-11-27(14-16)22-17-9-8-15(2)12-19(17)24-21(25-22)18-6-4-5-7-20(18)28/h4-9,12,16,28H,3,10-11,13-14H2,1-2H3,(H,29,30)/t16-/m1/s1. The Morgan fingerprint density at radius 1 is 1.23 bits per heavy atom. The van der Waals surface area contributed by atoms with E-state index < -0.39 is 6.09 Å². The van der Waals surface area contributed by atoms with Gasteiger partial charge in [-0.15, -0.1) is 0 Å². The van der Waals surface area contributed by atoms with Crippen LogP contribution in [0, 0.1) is 12.8 Å². The van der Waals surface area contributed by atoms with E-state index in [1.165, 1.54) is 4.90 Å². The SMILES string of the molecule is CCN(C[C@H]1CCN(c2nc(-c3ccccc3O)nc3cc(C)ccc23)C1)C(=O)O. The van der Waals surface area contributed by atoms with Crippen molar-refractivity contribution in [1.82, 2.24) is 14.9 Å². The number of anilines is 1. The lowest BCUT2D eigenvalue weighted by atomic mass is 10.1. The molecule has 1 aliphatic heterocycles. The molecule has 2 aromatic carbocycles. The summed E-state index contributed by atoms with van der Waals surface area (Å²) in [5.41, 5.74) is 2.54. The maximum Gasteiger partial charge on any atom is 0.407 e. The lowest BCUT2D eigenvalue weighted by Gasteiger charge is -2.23. The molecule has 4 rings (SSSR count). The molecule has 1 aromatic heterocycles. The number of carboxylic acid groups (broad SMARTS) is 1. The highest BCUT2D eigenvalue weighted by Gasteiger charge is 2.28. The number of phenols is 1. The summed E-state index contributed by atoms with van der Waals surface area (Å²) in [7, 11) is 0. The van der Waals surface area contributed by atoms with E-state index in [0.29, 0.717) is 24.5 Å². The van der Waals surface area contributed by atoms with Crippen LogP contribution in [-0.2, 0) is 0 Å². The summed E-state index contributed by atoms with van der Waals surface area (Å²) >= 11 is 0. The van der Waals surface area contributed by atoms with Crippen LogP contribution in [0.25, 0.3) is 22.3 Å². The molecule has 0 saturated carbocycles. The first-order valence-electron chi connectivity index (χ1n) is 10.3. The zero-order valence-electron chi connectivity index (χ0n) is 17.2. The summed E-state index contributed by atoms with van der Waals surface area (Å²) in [5.74, 6) is 1.73. The number of aryl methyl sites for hydroxylation is 1. The second kappa shape index (κ2) is 8.18. The topological polar surface area (TPSA) is 89.8 Å². The fraction of sp³-hybridized carbons (Fsp3) is 0.348. The van der Waals surface area contributed by atoms with Crippen molar-refractivity contribution in [3.63, 3.8) is 0 Å². The van der Waals surface area contributed by atoms with E-state index in [1.54, 1.807) is 12.1 Å². The number of para-hydroxylation sites is 1. The first-order chi connectivity index (χ1) is 14.5. The van der Waals surface area contributed by atoms with Gasteiger partial charge in [0.1, 0.15) is 11.6 Å². The third-order valence-corrected chi connectivity index (χ3v) is 5.69. The Bertz CT molecular complexity index is 1090. The number of rotatable bonds is 5. The molecule has 1 saturated heterocycles. The summed E-state index contributed by atoms with van der Waals surface area (Å²) in [6.07, 6.45) is 0.0355. The number of aromatic hydroxyl groups is 1. The van der Waals surface area contributed by atoms with Crippen molar-refractivity contribution in [3.05, 3.63) is 48.0 Å². The Kier molecular flexibility index (Phi) is 5.44. The fourth-order valence-electron chi connectivity index (χ4n) is 4.08. The van der Waals surface area contributed by atoms with Crippen LogP contribution in [0.5, 0.6) is 5.75 Å². The molecule has 0 bridgehead atoms. The number of amides is 1. The molecular weight excluding hydrogens is 380 g/mol. The minimum absolute atomic E-state index is 0.148. The average molecular weight is 406 g/mol. The van der Waals surface area contributed by atoms with Crippen molar-refractivity contribution in [2.45, 2.75) is 20.3 Å². The van der Waals surface area contributed by atoms with Crippen molar-refractivity contribution in [2.75, 3.05) is 31.1 Å². The van der Waals surface area contributed by atoms with Gasteiger partial charge in [0.15, 0.2) is 5.82 Å². The molecule has 0 radical (unpaired) electrons. The van der Waals surface area contributed by atoms with Gasteiger partial charge in [0, 0.05) is 31.6 Å². The lowest BCUT2D eigenvalue weighted by Crippen LogP contribution is -2.35. The zero-order chi connectivity index (χ0) is 21.3. The van der Waals surface area contributed by atoms with Crippen LogP contribution in [0.3, 0.4) is 0 Å². The predicted molar refractivity (Wildman–Crippen MR) is 117 cm³/mol. The average Bonchev–Trinajstić information content (AvgIpc) is 3.19. The molecule has 7 nitrogen and oxygen atoms in total. The van der Waals surface area contributed by atoms with E-state index in [4.69, 9.17) is 9.97 Å². The maximum absolute atomic E-state index is 11.4. The van der Waals surface area contributed by atoms with E-state index in [-0.39, 0.29) is 11.7 Å². The Hall–Kier alpha value is -3.35. The van der Waals surface area contributed by atoms with Gasteiger partial charge >= 0.3 is 6.09 Å². The summed E-state index contributed by atoms with van der Waals surface area (Å²) < 4.78 is 0. The number of benzene rings is 2. The van der Waals surface area contributed by atoms with E-state index in [1.807, 2.05) is 44.2 Å². The maximum atomic E-state index is 11.4. The molecule has 1 atom stereocenters. The minimum atomic E-state index is -0.874. The van der Waals surface area contributed by atoms with Crippen LogP contribution in [0.1, 0.15) is 18.9 Å². The van der Waals surface area contributed by atoms with Crippen LogP contribution >= 0.6 is 0 Å². The first kappa shape index (κ1) is 19.9. The molecule has 1 fully saturated rings. The van der Waals surface area contributed by atoms with Gasteiger partial charge < -0.3 is 20.0 Å². The van der Waals surface area contributed by atoms with Crippen LogP contribution in [0.2, 0.25) is 0 Å². The quantitative estimate of drug-likeness (QED) is 0.662. The second-order valence-corrected chi connectivity index (χ2v) is 7.83. The van der Waals surface area contributed by atoms with Crippen LogP contribution in [0.4, 0.5) is 10.6 Å². The third kappa shape index (κ3) is 3.87. The van der Waals surface area contributed by atoms with Gasteiger partial charge in [-0.25, -0.2) is 14.8 Å². The summed E-state index contributed by atoms with van der Waals surface area (Å²) in [4.78, 5) is 24.6. The van der Waals surface area contributed by atoms with E-state index in [0.717, 1.165) is 41.8 Å². The molecule has 0 spiro atoms. The Morgan fingerprint density at radius 2 is 2.03 bits per heavy atom. The third-order valence-electron chi connectivity index (χ3n) is 5.69. The van der Waals surface area contributed by atoms with Crippen molar-refractivity contribution >= 4 is 22.8 Å². The molecule has 156 valence electrons. The van der Waals surface area contributed by atoms with E-state index in [9.17, 15) is 15.0 Å². The second-order valence-electron chi connectivity index (χ2n) is 7.83. The largest absolute Gasteiger partial charge is 0.507 e. The summed E-state index contributed by atoms with van der Waals surface area (Å²) in [6.45, 7) is 6.44. The normalized spacial score (nSPS) is 16.2. The lowest BCUT2D eigenvalue weighted by molar-refractivity contribution is 0.141. The molecule has 7 heteroatoms. The smallest absolute Gasteiger partial charge is 0.407 e. The highest BCUT2D eigenvalue weighted by atomic mass is 16.4. The number of hydrogen-bond acceptors (Lipinski definition) is 5. The zero-order valence-corrected chi connectivity index (χ0v) is 17.2. The monoisotopic (exact) mass is 406 g/mol. The van der Waals surface area contributed by atoms with Gasteiger partial charge in [-0.3, -0.25) is 0 Å². The number of nitrogens with zero attached hydrogens (tertiary/aromatic N) is 4. The molecule has 1 amide bonds. The van der Waals surface area contributed by atoms with Crippen molar-refractivity contribution < 1.29 is 15.0 Å². The predicted octanol–water partition coefficient (Wildman–Crippen LogP) is 4.14.